The van der Waals surface area contributed by atoms with E-state index >= 15 is 0 Å². The average molecular weight is 194 g/mol. The molecule has 1 aliphatic rings. The summed E-state index contributed by atoms with van der Waals surface area (Å²) in [6.07, 6.45) is -5.66. The van der Waals surface area contributed by atoms with Crippen LogP contribution in [0.25, 0.3) is 0 Å². The first-order valence-electron chi connectivity index (χ1n) is 3.94. The number of hydrogen-bond donors (Lipinski definition) is 5. The molecule has 1 fully saturated rings. The van der Waals surface area contributed by atoms with Gasteiger partial charge in [0, 0.05) is 0 Å². The summed E-state index contributed by atoms with van der Waals surface area (Å²) in [5.41, 5.74) is -1.93. The van der Waals surface area contributed by atoms with E-state index in [2.05, 4.69) is 4.74 Å². The van der Waals surface area contributed by atoms with Crippen LogP contribution in [0.2, 0.25) is 0 Å². The van der Waals surface area contributed by atoms with Crippen LogP contribution in [-0.2, 0) is 4.74 Å². The summed E-state index contributed by atoms with van der Waals surface area (Å²) in [6.45, 7) is 0.602. The van der Waals surface area contributed by atoms with Crippen molar-refractivity contribution in [2.45, 2.75) is 37.1 Å². The lowest BCUT2D eigenvalue weighted by atomic mass is 9.88. The Kier molecular flexibility index (Phi) is 2.91. The van der Waals surface area contributed by atoms with Crippen molar-refractivity contribution in [3.63, 3.8) is 0 Å². The van der Waals surface area contributed by atoms with E-state index in [1.165, 1.54) is 0 Å². The van der Waals surface area contributed by atoms with Gasteiger partial charge in [0.2, 0.25) is 0 Å². The van der Waals surface area contributed by atoms with Crippen LogP contribution in [0, 0.1) is 0 Å². The molecule has 13 heavy (non-hydrogen) atoms. The molecule has 0 bridgehead atoms. The number of aliphatic hydroxyl groups excluding tert-OH is 4. The second kappa shape index (κ2) is 3.49. The van der Waals surface area contributed by atoms with Gasteiger partial charge in [-0.3, -0.25) is 0 Å². The molecule has 0 radical (unpaired) electrons. The number of rotatable bonds is 1. The molecule has 0 amide bonds. The average Bonchev–Trinajstić information content (AvgIpc) is 2.09. The number of aliphatic hydroxyl groups is 5. The lowest BCUT2D eigenvalue weighted by Gasteiger charge is -2.43. The quantitative estimate of drug-likeness (QED) is 0.308. The maximum atomic E-state index is 9.43. The highest BCUT2D eigenvalue weighted by molar-refractivity contribution is 4.96. The summed E-state index contributed by atoms with van der Waals surface area (Å²) in [6, 6.07) is 0. The van der Waals surface area contributed by atoms with Gasteiger partial charge in [-0.05, 0) is 6.92 Å². The molecule has 1 rings (SSSR count). The molecule has 0 aliphatic carbocycles. The third-order valence-electron chi connectivity index (χ3n) is 2.29. The van der Waals surface area contributed by atoms with E-state index in [1.54, 1.807) is 0 Å². The number of hydrogen-bond acceptors (Lipinski definition) is 6. The van der Waals surface area contributed by atoms with E-state index in [-0.39, 0.29) is 0 Å². The molecule has 0 aromatic heterocycles. The molecule has 0 aromatic rings. The van der Waals surface area contributed by atoms with Crippen molar-refractivity contribution in [2.75, 3.05) is 6.61 Å². The summed E-state index contributed by atoms with van der Waals surface area (Å²) < 4.78 is 4.68. The molecule has 5 atom stereocenters. The van der Waals surface area contributed by atoms with Crippen molar-refractivity contribution in [3.8, 4) is 0 Å². The van der Waals surface area contributed by atoms with Crippen LogP contribution in [0.4, 0.5) is 0 Å². The van der Waals surface area contributed by atoms with Crippen LogP contribution < -0.4 is 0 Å². The normalized spacial score (nSPS) is 52.2. The minimum atomic E-state index is -1.93. The zero-order chi connectivity index (χ0) is 10.2. The fourth-order valence-corrected chi connectivity index (χ4v) is 1.23. The van der Waals surface area contributed by atoms with E-state index in [0.717, 1.165) is 6.92 Å². The van der Waals surface area contributed by atoms with Gasteiger partial charge < -0.3 is 30.3 Å². The predicted octanol–water partition coefficient (Wildman–Crippen LogP) is -2.83. The summed E-state index contributed by atoms with van der Waals surface area (Å²) in [4.78, 5) is 0. The predicted molar refractivity (Wildman–Crippen MR) is 40.6 cm³/mol. The lowest BCUT2D eigenvalue weighted by Crippen LogP contribution is -2.65. The first-order chi connectivity index (χ1) is 5.91. The molecule has 0 spiro atoms. The number of ether oxygens (including phenoxy) is 1. The van der Waals surface area contributed by atoms with Crippen LogP contribution in [0.5, 0.6) is 0 Å². The molecule has 6 nitrogen and oxygen atoms in total. The SMILES string of the molecule is CC1(O)C(O)OC(CO)C(O)C1O. The third kappa shape index (κ3) is 1.69. The van der Waals surface area contributed by atoms with Gasteiger partial charge >= 0.3 is 0 Å². The Balaban J connectivity index is 2.79. The van der Waals surface area contributed by atoms with Crippen LogP contribution in [0.1, 0.15) is 6.92 Å². The topological polar surface area (TPSA) is 110 Å². The molecule has 1 saturated heterocycles. The van der Waals surface area contributed by atoms with Gasteiger partial charge in [-0.25, -0.2) is 0 Å². The van der Waals surface area contributed by atoms with Gasteiger partial charge in [0.05, 0.1) is 6.61 Å². The maximum Gasteiger partial charge on any atom is 0.186 e. The van der Waals surface area contributed by atoms with E-state index < -0.39 is 36.8 Å². The van der Waals surface area contributed by atoms with Crippen molar-refractivity contribution < 1.29 is 30.3 Å². The smallest absolute Gasteiger partial charge is 0.186 e. The second-order valence-corrected chi connectivity index (χ2v) is 3.37. The molecule has 0 aromatic carbocycles. The molecular weight excluding hydrogens is 180 g/mol. The summed E-state index contributed by atoms with van der Waals surface area (Å²) in [7, 11) is 0. The monoisotopic (exact) mass is 194 g/mol. The van der Waals surface area contributed by atoms with Crippen LogP contribution >= 0.6 is 0 Å². The van der Waals surface area contributed by atoms with E-state index in [0.29, 0.717) is 0 Å². The van der Waals surface area contributed by atoms with Crippen LogP contribution in [0.15, 0.2) is 0 Å². The highest BCUT2D eigenvalue weighted by Gasteiger charge is 2.50. The van der Waals surface area contributed by atoms with Gasteiger partial charge in [0.15, 0.2) is 6.29 Å². The third-order valence-corrected chi connectivity index (χ3v) is 2.29. The Morgan fingerprint density at radius 3 is 2.31 bits per heavy atom. The minimum Gasteiger partial charge on any atom is -0.394 e. The standard InChI is InChI=1S/C7H14O6/c1-7(12)5(10)4(9)3(2-8)13-6(7)11/h3-6,8-12H,2H2,1H3. The molecular formula is C7H14O6. The van der Waals surface area contributed by atoms with Crippen molar-refractivity contribution in [1.29, 1.82) is 0 Å². The Morgan fingerprint density at radius 2 is 1.85 bits per heavy atom. The molecule has 6 heteroatoms. The van der Waals surface area contributed by atoms with E-state index in [9.17, 15) is 20.4 Å². The zero-order valence-corrected chi connectivity index (χ0v) is 7.16. The highest BCUT2D eigenvalue weighted by atomic mass is 16.6. The van der Waals surface area contributed by atoms with Crippen molar-refractivity contribution in [1.82, 2.24) is 0 Å². The van der Waals surface area contributed by atoms with Crippen LogP contribution in [-0.4, -0.2) is 62.3 Å². The molecule has 78 valence electrons. The Labute approximate surface area is 75.0 Å². The van der Waals surface area contributed by atoms with Gasteiger partial charge in [-0.1, -0.05) is 0 Å². The molecule has 5 N–H and O–H groups in total. The molecule has 1 heterocycles. The Hall–Kier alpha value is -0.240. The molecule has 1 aliphatic heterocycles. The summed E-state index contributed by atoms with van der Waals surface area (Å²) in [5, 5.41) is 45.9. The van der Waals surface area contributed by atoms with E-state index in [1.807, 2.05) is 0 Å². The van der Waals surface area contributed by atoms with Crippen LogP contribution in [0.3, 0.4) is 0 Å². The summed E-state index contributed by atoms with van der Waals surface area (Å²) in [5.74, 6) is 0. The van der Waals surface area contributed by atoms with Gasteiger partial charge in [-0.15, -0.1) is 0 Å². The van der Waals surface area contributed by atoms with Gasteiger partial charge in [0.1, 0.15) is 23.9 Å². The maximum absolute atomic E-state index is 9.43. The van der Waals surface area contributed by atoms with Crippen molar-refractivity contribution in [3.05, 3.63) is 0 Å². The van der Waals surface area contributed by atoms with Crippen molar-refractivity contribution in [2.24, 2.45) is 0 Å². The first-order valence-corrected chi connectivity index (χ1v) is 3.94. The van der Waals surface area contributed by atoms with E-state index in [4.69, 9.17) is 5.11 Å². The van der Waals surface area contributed by atoms with Crippen molar-refractivity contribution >= 4 is 0 Å². The Bertz CT molecular complexity index is 182. The lowest BCUT2D eigenvalue weighted by molar-refractivity contribution is -0.323. The first kappa shape index (κ1) is 10.8. The Morgan fingerprint density at radius 1 is 1.31 bits per heavy atom. The largest absolute Gasteiger partial charge is 0.394 e. The zero-order valence-electron chi connectivity index (χ0n) is 7.16. The second-order valence-electron chi connectivity index (χ2n) is 3.37. The molecule has 5 unspecified atom stereocenters. The molecule has 0 saturated carbocycles. The highest BCUT2D eigenvalue weighted by Crippen LogP contribution is 2.27. The van der Waals surface area contributed by atoms with Gasteiger partial charge in [-0.2, -0.15) is 0 Å². The summed E-state index contributed by atoms with van der Waals surface area (Å²) >= 11 is 0. The minimum absolute atomic E-state index is 0.536. The fraction of sp³-hybridized carbons (Fsp3) is 1.00. The van der Waals surface area contributed by atoms with Gasteiger partial charge in [0.25, 0.3) is 0 Å². The fourth-order valence-electron chi connectivity index (χ4n) is 1.23.